The molecule has 126 valence electrons. The Bertz CT molecular complexity index is 730. The summed E-state index contributed by atoms with van der Waals surface area (Å²) in [5, 5.41) is 2.69. The first-order valence-electron chi connectivity index (χ1n) is 7.40. The fourth-order valence-electron chi connectivity index (χ4n) is 2.06. The SMILES string of the molecule is CC(=O)NCCc1ccc(C(=O)COc2ccc(F)cc2F)cc1. The number of hydrogen-bond donors (Lipinski definition) is 1. The number of carbonyl (C=O) groups excluding carboxylic acids is 2. The Balaban J connectivity index is 1.89. The molecule has 1 N–H and O–H groups in total. The summed E-state index contributed by atoms with van der Waals surface area (Å²) in [7, 11) is 0. The zero-order valence-electron chi connectivity index (χ0n) is 13.1. The van der Waals surface area contributed by atoms with Crippen molar-refractivity contribution in [2.75, 3.05) is 13.2 Å². The molecular formula is C18H17F2NO3. The largest absolute Gasteiger partial charge is 0.482 e. The monoisotopic (exact) mass is 333 g/mol. The van der Waals surface area contributed by atoms with E-state index in [-0.39, 0.29) is 24.0 Å². The second-order valence-corrected chi connectivity index (χ2v) is 5.22. The van der Waals surface area contributed by atoms with E-state index in [1.54, 1.807) is 24.3 Å². The van der Waals surface area contributed by atoms with Crippen LogP contribution in [0.25, 0.3) is 0 Å². The van der Waals surface area contributed by atoms with Gasteiger partial charge in [-0.1, -0.05) is 24.3 Å². The van der Waals surface area contributed by atoms with Gasteiger partial charge in [0.2, 0.25) is 5.91 Å². The summed E-state index contributed by atoms with van der Waals surface area (Å²) in [6.07, 6.45) is 0.658. The first-order chi connectivity index (χ1) is 11.5. The second-order valence-electron chi connectivity index (χ2n) is 5.22. The molecule has 2 rings (SSSR count). The van der Waals surface area contributed by atoms with Crippen LogP contribution in [0.3, 0.4) is 0 Å². The number of ether oxygens (including phenoxy) is 1. The average molecular weight is 333 g/mol. The van der Waals surface area contributed by atoms with E-state index < -0.39 is 11.6 Å². The van der Waals surface area contributed by atoms with E-state index in [4.69, 9.17) is 4.74 Å². The summed E-state index contributed by atoms with van der Waals surface area (Å²) < 4.78 is 31.3. The van der Waals surface area contributed by atoms with E-state index in [1.807, 2.05) is 0 Å². The first kappa shape index (κ1) is 17.6. The molecule has 0 radical (unpaired) electrons. The molecule has 0 fully saturated rings. The van der Waals surface area contributed by atoms with Gasteiger partial charge < -0.3 is 10.1 Å². The highest BCUT2D eigenvalue weighted by atomic mass is 19.1. The lowest BCUT2D eigenvalue weighted by molar-refractivity contribution is -0.118. The van der Waals surface area contributed by atoms with Gasteiger partial charge in [-0.3, -0.25) is 9.59 Å². The molecule has 0 unspecified atom stereocenters. The maximum absolute atomic E-state index is 13.4. The molecule has 0 aliphatic rings. The van der Waals surface area contributed by atoms with Crippen molar-refractivity contribution in [2.45, 2.75) is 13.3 Å². The Hall–Kier alpha value is -2.76. The van der Waals surface area contributed by atoms with Crippen molar-refractivity contribution in [2.24, 2.45) is 0 Å². The Kier molecular flexibility index (Phi) is 6.01. The van der Waals surface area contributed by atoms with Crippen LogP contribution in [0.5, 0.6) is 5.75 Å². The molecule has 0 aliphatic carbocycles. The third kappa shape index (κ3) is 5.15. The smallest absolute Gasteiger partial charge is 0.216 e. The molecule has 0 saturated heterocycles. The minimum Gasteiger partial charge on any atom is -0.482 e. The lowest BCUT2D eigenvalue weighted by Crippen LogP contribution is -2.22. The zero-order chi connectivity index (χ0) is 17.5. The number of ketones is 1. The summed E-state index contributed by atoms with van der Waals surface area (Å²) in [6, 6.07) is 9.77. The number of nitrogens with one attached hydrogen (secondary N) is 1. The van der Waals surface area contributed by atoms with Crippen LogP contribution in [0.2, 0.25) is 0 Å². The van der Waals surface area contributed by atoms with E-state index in [2.05, 4.69) is 5.32 Å². The predicted octanol–water partition coefficient (Wildman–Crippen LogP) is 2.91. The normalized spacial score (nSPS) is 10.3. The maximum atomic E-state index is 13.4. The van der Waals surface area contributed by atoms with Gasteiger partial charge in [0.25, 0.3) is 0 Å². The van der Waals surface area contributed by atoms with E-state index in [9.17, 15) is 18.4 Å². The number of hydrogen-bond acceptors (Lipinski definition) is 3. The van der Waals surface area contributed by atoms with E-state index in [0.29, 0.717) is 24.6 Å². The fraction of sp³-hybridized carbons (Fsp3) is 0.222. The van der Waals surface area contributed by atoms with Crippen LogP contribution in [0.15, 0.2) is 42.5 Å². The van der Waals surface area contributed by atoms with Gasteiger partial charge in [-0.2, -0.15) is 0 Å². The minimum absolute atomic E-state index is 0.0908. The topological polar surface area (TPSA) is 55.4 Å². The highest BCUT2D eigenvalue weighted by molar-refractivity contribution is 5.97. The van der Waals surface area contributed by atoms with E-state index >= 15 is 0 Å². The summed E-state index contributed by atoms with van der Waals surface area (Å²) in [6.45, 7) is 1.63. The van der Waals surface area contributed by atoms with E-state index in [1.165, 1.54) is 6.92 Å². The van der Waals surface area contributed by atoms with Crippen molar-refractivity contribution in [3.8, 4) is 5.75 Å². The van der Waals surface area contributed by atoms with Gasteiger partial charge in [0.05, 0.1) is 0 Å². The van der Waals surface area contributed by atoms with Crippen LogP contribution in [0, 0.1) is 11.6 Å². The van der Waals surface area contributed by atoms with Crippen LogP contribution in [-0.2, 0) is 11.2 Å². The minimum atomic E-state index is -0.851. The fourth-order valence-corrected chi connectivity index (χ4v) is 2.06. The molecule has 0 aromatic heterocycles. The van der Waals surface area contributed by atoms with Crippen LogP contribution >= 0.6 is 0 Å². The standard InChI is InChI=1S/C18H17F2NO3/c1-12(22)21-9-8-13-2-4-14(5-3-13)17(23)11-24-18-7-6-15(19)10-16(18)20/h2-7,10H,8-9,11H2,1H3,(H,21,22). The molecule has 0 spiro atoms. The quantitative estimate of drug-likeness (QED) is 0.793. The molecule has 0 aliphatic heterocycles. The molecule has 4 nitrogen and oxygen atoms in total. The second kappa shape index (κ2) is 8.19. The number of rotatable bonds is 7. The van der Waals surface area contributed by atoms with Crippen LogP contribution in [0.1, 0.15) is 22.8 Å². The Morgan fingerprint density at radius 3 is 2.42 bits per heavy atom. The number of carbonyl (C=O) groups is 2. The molecule has 0 saturated carbocycles. The van der Waals surface area contributed by atoms with Crippen molar-refractivity contribution < 1.29 is 23.1 Å². The Morgan fingerprint density at radius 1 is 1.08 bits per heavy atom. The molecule has 2 aromatic rings. The number of Topliss-reactive ketones (excluding diaryl/α,β-unsaturated/α-hetero) is 1. The van der Waals surface area contributed by atoms with Crippen molar-refractivity contribution >= 4 is 11.7 Å². The highest BCUT2D eigenvalue weighted by Gasteiger charge is 2.10. The number of amides is 1. The number of halogens is 2. The van der Waals surface area contributed by atoms with Gasteiger partial charge in [-0.15, -0.1) is 0 Å². The lowest BCUT2D eigenvalue weighted by Gasteiger charge is -2.07. The first-order valence-corrected chi connectivity index (χ1v) is 7.40. The van der Waals surface area contributed by atoms with Crippen LogP contribution < -0.4 is 10.1 Å². The third-order valence-corrected chi connectivity index (χ3v) is 3.32. The third-order valence-electron chi connectivity index (χ3n) is 3.32. The molecule has 0 atom stereocenters. The molecular weight excluding hydrogens is 316 g/mol. The molecule has 2 aromatic carbocycles. The van der Waals surface area contributed by atoms with E-state index in [0.717, 1.165) is 17.7 Å². The Labute approximate surface area is 138 Å². The van der Waals surface area contributed by atoms with Crippen molar-refractivity contribution in [1.82, 2.24) is 5.32 Å². The summed E-state index contributed by atoms with van der Waals surface area (Å²) in [5.74, 6) is -2.13. The van der Waals surface area contributed by atoms with Gasteiger partial charge in [0.15, 0.2) is 24.0 Å². The lowest BCUT2D eigenvalue weighted by atomic mass is 10.1. The van der Waals surface area contributed by atoms with Gasteiger partial charge >= 0.3 is 0 Å². The Morgan fingerprint density at radius 2 is 1.79 bits per heavy atom. The van der Waals surface area contributed by atoms with Crippen LogP contribution in [0.4, 0.5) is 8.78 Å². The van der Waals surface area contributed by atoms with Gasteiger partial charge in [0, 0.05) is 25.1 Å². The molecule has 0 heterocycles. The number of benzene rings is 2. The maximum Gasteiger partial charge on any atom is 0.216 e. The molecule has 0 bridgehead atoms. The van der Waals surface area contributed by atoms with Crippen molar-refractivity contribution in [3.63, 3.8) is 0 Å². The van der Waals surface area contributed by atoms with Gasteiger partial charge in [-0.25, -0.2) is 8.78 Å². The molecule has 1 amide bonds. The predicted molar refractivity (Wildman–Crippen MR) is 85.0 cm³/mol. The highest BCUT2D eigenvalue weighted by Crippen LogP contribution is 2.18. The average Bonchev–Trinajstić information content (AvgIpc) is 2.54. The summed E-state index contributed by atoms with van der Waals surface area (Å²) >= 11 is 0. The summed E-state index contributed by atoms with van der Waals surface area (Å²) in [5.41, 5.74) is 1.41. The summed E-state index contributed by atoms with van der Waals surface area (Å²) in [4.78, 5) is 22.8. The van der Waals surface area contributed by atoms with Gasteiger partial charge in [-0.05, 0) is 24.1 Å². The zero-order valence-corrected chi connectivity index (χ0v) is 13.1. The van der Waals surface area contributed by atoms with Crippen molar-refractivity contribution in [3.05, 3.63) is 65.2 Å². The van der Waals surface area contributed by atoms with Crippen LogP contribution in [-0.4, -0.2) is 24.8 Å². The van der Waals surface area contributed by atoms with Crippen molar-refractivity contribution in [1.29, 1.82) is 0 Å². The van der Waals surface area contributed by atoms with Gasteiger partial charge in [0.1, 0.15) is 5.82 Å². The molecule has 6 heteroatoms. The molecule has 24 heavy (non-hydrogen) atoms.